The fourth-order valence-corrected chi connectivity index (χ4v) is 4.71. The molecule has 3 aromatic rings. The molecule has 2 N–H and O–H groups in total. The van der Waals surface area contributed by atoms with Crippen LogP contribution in [0.5, 0.6) is 0 Å². The molecule has 4 rings (SSSR count). The first-order valence-electron chi connectivity index (χ1n) is 11.6. The van der Waals surface area contributed by atoms with Crippen LogP contribution in [-0.4, -0.2) is 51.4 Å². The number of morpholine rings is 1. The highest BCUT2D eigenvalue weighted by atomic mass is 16.5. The second kappa shape index (κ2) is 9.89. The fourth-order valence-electron chi connectivity index (χ4n) is 4.71. The van der Waals surface area contributed by atoms with E-state index in [1.165, 1.54) is 5.56 Å². The van der Waals surface area contributed by atoms with Crippen molar-refractivity contribution < 1.29 is 9.53 Å². The molecule has 8 nitrogen and oxygen atoms in total. The molecule has 1 aliphatic heterocycles. The maximum absolute atomic E-state index is 12.6. The average Bonchev–Trinajstić information content (AvgIpc) is 3.05. The summed E-state index contributed by atoms with van der Waals surface area (Å²) in [4.78, 5) is 30.4. The number of fused-ring (bicyclic) bond motifs is 1. The third kappa shape index (κ3) is 5.34. The van der Waals surface area contributed by atoms with Crippen molar-refractivity contribution in [1.29, 1.82) is 0 Å². The summed E-state index contributed by atoms with van der Waals surface area (Å²) in [6, 6.07) is 8.33. The van der Waals surface area contributed by atoms with Gasteiger partial charge in [-0.1, -0.05) is 24.3 Å². The van der Waals surface area contributed by atoms with Gasteiger partial charge in [-0.2, -0.15) is 5.10 Å². The zero-order valence-electron chi connectivity index (χ0n) is 19.9. The largest absolute Gasteiger partial charge is 0.376 e. The molecule has 3 heterocycles. The summed E-state index contributed by atoms with van der Waals surface area (Å²) in [6.45, 7) is 9.96. The summed E-state index contributed by atoms with van der Waals surface area (Å²) in [5.74, 6) is -0.0655. The van der Waals surface area contributed by atoms with Crippen molar-refractivity contribution >= 4 is 16.9 Å². The minimum absolute atomic E-state index is 0.0655. The normalized spacial score (nSPS) is 16.9. The van der Waals surface area contributed by atoms with E-state index in [-0.39, 0.29) is 24.0 Å². The monoisotopic (exact) mass is 451 g/mol. The van der Waals surface area contributed by atoms with Crippen LogP contribution in [-0.2, 0) is 36.1 Å². The van der Waals surface area contributed by atoms with E-state index in [1.54, 1.807) is 4.68 Å². The predicted molar refractivity (Wildman–Crippen MR) is 128 cm³/mol. The Labute approximate surface area is 193 Å². The van der Waals surface area contributed by atoms with Crippen molar-refractivity contribution in [2.45, 2.75) is 52.8 Å². The van der Waals surface area contributed by atoms with Gasteiger partial charge in [0.05, 0.1) is 18.4 Å². The molecule has 0 aliphatic carbocycles. The van der Waals surface area contributed by atoms with E-state index in [0.717, 1.165) is 54.1 Å². The van der Waals surface area contributed by atoms with Crippen LogP contribution in [0.1, 0.15) is 41.3 Å². The van der Waals surface area contributed by atoms with E-state index in [1.807, 2.05) is 33.0 Å². The van der Waals surface area contributed by atoms with Crippen molar-refractivity contribution in [2.24, 2.45) is 7.05 Å². The van der Waals surface area contributed by atoms with Crippen molar-refractivity contribution in [3.8, 4) is 0 Å². The van der Waals surface area contributed by atoms with Crippen molar-refractivity contribution in [3.63, 3.8) is 0 Å². The zero-order chi connectivity index (χ0) is 23.5. The Morgan fingerprint density at radius 3 is 2.88 bits per heavy atom. The summed E-state index contributed by atoms with van der Waals surface area (Å²) >= 11 is 0. The zero-order valence-corrected chi connectivity index (χ0v) is 19.9. The molecule has 2 aromatic heterocycles. The molecule has 1 aromatic carbocycles. The molecule has 1 fully saturated rings. The number of rotatable bonds is 7. The fraction of sp³-hybridized carbons (Fsp3) is 0.480. The van der Waals surface area contributed by atoms with Gasteiger partial charge in [0, 0.05) is 50.6 Å². The van der Waals surface area contributed by atoms with Crippen LogP contribution >= 0.6 is 0 Å². The summed E-state index contributed by atoms with van der Waals surface area (Å²) in [5, 5.41) is 8.35. The number of aryl methyl sites for hydroxylation is 3. The Morgan fingerprint density at radius 1 is 1.30 bits per heavy atom. The van der Waals surface area contributed by atoms with Crippen molar-refractivity contribution in [3.05, 3.63) is 62.6 Å². The number of ether oxygens (including phenoxy) is 1. The Kier molecular flexibility index (Phi) is 6.95. The van der Waals surface area contributed by atoms with Gasteiger partial charge in [0.15, 0.2) is 0 Å². The number of pyridine rings is 1. The lowest BCUT2D eigenvalue weighted by Crippen LogP contribution is -2.40. The Morgan fingerprint density at radius 2 is 2.09 bits per heavy atom. The highest BCUT2D eigenvalue weighted by Gasteiger charge is 2.17. The molecule has 1 aliphatic rings. The predicted octanol–water partition coefficient (Wildman–Crippen LogP) is 2.35. The Balaban J connectivity index is 1.34. The molecule has 1 amide bonds. The molecule has 176 valence electrons. The molecule has 0 saturated carbocycles. The highest BCUT2D eigenvalue weighted by molar-refractivity contribution is 5.83. The number of aromatic amines is 1. The maximum atomic E-state index is 12.6. The molecular formula is C25H33N5O3. The topological polar surface area (TPSA) is 92.2 Å². The number of aromatic nitrogens is 3. The van der Waals surface area contributed by atoms with Crippen LogP contribution in [0.4, 0.5) is 0 Å². The van der Waals surface area contributed by atoms with E-state index < -0.39 is 0 Å². The number of hydrogen-bond acceptors (Lipinski definition) is 5. The van der Waals surface area contributed by atoms with E-state index in [2.05, 4.69) is 39.4 Å². The minimum Gasteiger partial charge on any atom is -0.376 e. The van der Waals surface area contributed by atoms with Crippen LogP contribution in [0.15, 0.2) is 29.1 Å². The standard InChI is InChI=1S/C25H33N5O3/c1-16-14-30(10-11-33-16)15-20-7-5-6-19(12-20)13-26-22(31)9-8-21-17(2)23-18(3)28-29(4)24(23)27-25(21)32/h5-7,12,16H,8-11,13-15H2,1-4H3,(H,26,31)(H,27,32). The lowest BCUT2D eigenvalue weighted by molar-refractivity contribution is -0.121. The van der Waals surface area contributed by atoms with Gasteiger partial charge in [-0.25, -0.2) is 0 Å². The highest BCUT2D eigenvalue weighted by Crippen LogP contribution is 2.21. The average molecular weight is 452 g/mol. The molecule has 8 heteroatoms. The molecule has 1 atom stereocenters. The maximum Gasteiger partial charge on any atom is 0.253 e. The number of benzene rings is 1. The second-order valence-corrected chi connectivity index (χ2v) is 9.00. The van der Waals surface area contributed by atoms with Crippen LogP contribution in [0.2, 0.25) is 0 Å². The van der Waals surface area contributed by atoms with Crippen LogP contribution in [0.25, 0.3) is 11.0 Å². The number of nitrogens with one attached hydrogen (secondary N) is 2. The SMILES string of the molecule is Cc1nn(C)c2[nH]c(=O)c(CCC(=O)NCc3cccc(CN4CCOC(C)C4)c3)c(C)c12. The number of amides is 1. The smallest absolute Gasteiger partial charge is 0.253 e. The third-order valence-electron chi connectivity index (χ3n) is 6.37. The van der Waals surface area contributed by atoms with E-state index in [0.29, 0.717) is 18.5 Å². The number of H-pyrrole nitrogens is 1. The van der Waals surface area contributed by atoms with Gasteiger partial charge >= 0.3 is 0 Å². The lowest BCUT2D eigenvalue weighted by Gasteiger charge is -2.31. The molecule has 0 spiro atoms. The van der Waals surface area contributed by atoms with Crippen LogP contribution in [0.3, 0.4) is 0 Å². The van der Waals surface area contributed by atoms with Gasteiger partial charge in [-0.3, -0.25) is 19.2 Å². The first kappa shape index (κ1) is 23.2. The van der Waals surface area contributed by atoms with Gasteiger partial charge in [-0.05, 0) is 43.9 Å². The lowest BCUT2D eigenvalue weighted by atomic mass is 10.0. The van der Waals surface area contributed by atoms with Crippen molar-refractivity contribution in [2.75, 3.05) is 19.7 Å². The summed E-state index contributed by atoms with van der Waals surface area (Å²) in [7, 11) is 1.81. The van der Waals surface area contributed by atoms with E-state index in [4.69, 9.17) is 4.74 Å². The molecular weight excluding hydrogens is 418 g/mol. The molecule has 1 saturated heterocycles. The Hall–Kier alpha value is -2.97. The number of carbonyl (C=O) groups is 1. The van der Waals surface area contributed by atoms with Gasteiger partial charge in [0.25, 0.3) is 5.56 Å². The van der Waals surface area contributed by atoms with Crippen LogP contribution in [0, 0.1) is 13.8 Å². The third-order valence-corrected chi connectivity index (χ3v) is 6.37. The van der Waals surface area contributed by atoms with E-state index >= 15 is 0 Å². The van der Waals surface area contributed by atoms with Gasteiger partial charge in [-0.15, -0.1) is 0 Å². The first-order chi connectivity index (χ1) is 15.8. The summed E-state index contributed by atoms with van der Waals surface area (Å²) < 4.78 is 7.30. The molecule has 0 bridgehead atoms. The van der Waals surface area contributed by atoms with E-state index in [9.17, 15) is 9.59 Å². The van der Waals surface area contributed by atoms with Gasteiger partial charge in [0.1, 0.15) is 5.65 Å². The first-order valence-corrected chi connectivity index (χ1v) is 11.6. The van der Waals surface area contributed by atoms with Gasteiger partial charge < -0.3 is 15.0 Å². The number of nitrogens with zero attached hydrogens (tertiary/aromatic N) is 3. The molecule has 1 unspecified atom stereocenters. The van der Waals surface area contributed by atoms with Crippen molar-refractivity contribution in [1.82, 2.24) is 25.0 Å². The van der Waals surface area contributed by atoms with Gasteiger partial charge in [0.2, 0.25) is 5.91 Å². The molecule has 33 heavy (non-hydrogen) atoms. The Bertz CT molecular complexity index is 1210. The second-order valence-electron chi connectivity index (χ2n) is 9.00. The molecule has 0 radical (unpaired) electrons. The summed E-state index contributed by atoms with van der Waals surface area (Å²) in [5.41, 5.74) is 5.29. The minimum atomic E-state index is -0.152. The summed E-state index contributed by atoms with van der Waals surface area (Å²) in [6.07, 6.45) is 0.923. The number of hydrogen-bond donors (Lipinski definition) is 2. The van der Waals surface area contributed by atoms with Crippen LogP contribution < -0.4 is 10.9 Å². The quantitative estimate of drug-likeness (QED) is 0.575. The number of carbonyl (C=O) groups excluding carboxylic acids is 1.